The van der Waals surface area contributed by atoms with Crippen LogP contribution in [0.5, 0.6) is 5.75 Å². The Bertz CT molecular complexity index is 572. The van der Waals surface area contributed by atoms with Gasteiger partial charge in [-0.25, -0.2) is 9.45 Å². The van der Waals surface area contributed by atoms with Crippen molar-refractivity contribution in [3.8, 4) is 5.75 Å². The van der Waals surface area contributed by atoms with Crippen molar-refractivity contribution >= 4 is 8.69 Å². The Hall–Kier alpha value is -1.00. The third-order valence-electron chi connectivity index (χ3n) is 6.47. The van der Waals surface area contributed by atoms with Gasteiger partial charge in [-0.1, -0.05) is 12.1 Å². The van der Waals surface area contributed by atoms with Crippen molar-refractivity contribution in [3.05, 3.63) is 29.8 Å². The fourth-order valence-electron chi connectivity index (χ4n) is 5.66. The largest absolute Gasteiger partial charge is 0.407 e. The summed E-state index contributed by atoms with van der Waals surface area (Å²) in [6.45, 7) is 0.442. The fraction of sp³-hybridized carbons (Fsp3) is 0.700. The van der Waals surface area contributed by atoms with Crippen LogP contribution in [0.15, 0.2) is 24.3 Å². The molecule has 5 aliphatic rings. The van der Waals surface area contributed by atoms with Gasteiger partial charge in [-0.3, -0.25) is 0 Å². The number of ether oxygens (including phenoxy) is 1. The lowest BCUT2D eigenvalue weighted by atomic mass is 9.56. The van der Waals surface area contributed by atoms with Crippen LogP contribution in [0.3, 0.4) is 0 Å². The van der Waals surface area contributed by atoms with Crippen LogP contribution in [0, 0.1) is 23.7 Å². The number of benzene rings is 1. The number of hydrogen-bond acceptors (Lipinski definition) is 5. The average Bonchev–Trinajstić information content (AvgIpc) is 3.12. The zero-order valence-corrected chi connectivity index (χ0v) is 16.2. The Morgan fingerprint density at radius 1 is 1.00 bits per heavy atom. The first-order valence-corrected chi connectivity index (χ1v) is 10.4. The van der Waals surface area contributed by atoms with Gasteiger partial charge >= 0.3 is 8.69 Å². The van der Waals surface area contributed by atoms with E-state index < -0.39 is 14.5 Å². The van der Waals surface area contributed by atoms with Gasteiger partial charge in [0.2, 0.25) is 5.79 Å². The highest BCUT2D eigenvalue weighted by atomic mass is 31.1. The average molecular weight is 378 g/mol. The highest BCUT2D eigenvalue weighted by Gasteiger charge is 2.42. The monoisotopic (exact) mass is 378 g/mol. The molecule has 0 aromatic heterocycles. The smallest absolute Gasteiger partial charge is 0.395 e. The van der Waals surface area contributed by atoms with Gasteiger partial charge in [0.05, 0.1) is 12.2 Å². The van der Waals surface area contributed by atoms with E-state index in [4.69, 9.17) is 19.0 Å². The molecule has 6 rings (SSSR count). The molecule has 26 heavy (non-hydrogen) atoms. The molecular weight excluding hydrogens is 351 g/mol. The van der Waals surface area contributed by atoms with Crippen LogP contribution in [0.25, 0.3) is 0 Å². The van der Waals surface area contributed by atoms with E-state index in [0.717, 1.165) is 0 Å². The van der Waals surface area contributed by atoms with Crippen molar-refractivity contribution in [2.75, 3.05) is 13.7 Å². The standard InChI is InChI=1S/C10H11O5P.C10H16/c1-12-10(6-7-13-15-10)8-4-2-3-5-9(8)14-16-11;1-7-2-9-4-8(1)5-10(3-7)6-9/h2-5H,6-7H2,1H3;7-10H,1-6H2. The van der Waals surface area contributed by atoms with E-state index in [-0.39, 0.29) is 0 Å². The first kappa shape index (κ1) is 18.4. The molecule has 5 nitrogen and oxygen atoms in total. The van der Waals surface area contributed by atoms with Crippen LogP contribution in [0.2, 0.25) is 0 Å². The minimum atomic E-state index is -0.971. The van der Waals surface area contributed by atoms with Crippen molar-refractivity contribution in [3.63, 3.8) is 0 Å². The van der Waals surface area contributed by atoms with Gasteiger partial charge < -0.3 is 9.26 Å². The number of methoxy groups -OCH3 is 1. The molecule has 0 spiro atoms. The summed E-state index contributed by atoms with van der Waals surface area (Å²) in [5.74, 6) is 4.19. The van der Waals surface area contributed by atoms with Crippen LogP contribution in [0.4, 0.5) is 0 Å². The molecular formula is C20H27O5P. The van der Waals surface area contributed by atoms with Crippen molar-refractivity contribution in [2.45, 2.75) is 50.7 Å². The predicted molar refractivity (Wildman–Crippen MR) is 96.7 cm³/mol. The Morgan fingerprint density at radius 2 is 1.58 bits per heavy atom. The Kier molecular flexibility index (Phi) is 5.61. The molecule has 0 N–H and O–H groups in total. The maximum atomic E-state index is 10.5. The molecule has 5 fully saturated rings. The molecule has 1 saturated heterocycles. The Labute approximate surface area is 156 Å². The van der Waals surface area contributed by atoms with Crippen molar-refractivity contribution < 1.29 is 23.6 Å². The van der Waals surface area contributed by atoms with Crippen LogP contribution < -0.4 is 4.52 Å². The summed E-state index contributed by atoms with van der Waals surface area (Å²) < 4.78 is 20.8. The van der Waals surface area contributed by atoms with Gasteiger partial charge in [0.15, 0.2) is 0 Å². The van der Waals surface area contributed by atoms with E-state index >= 15 is 0 Å². The molecule has 142 valence electrons. The van der Waals surface area contributed by atoms with Crippen LogP contribution >= 0.6 is 8.69 Å². The first-order chi connectivity index (χ1) is 12.7. The van der Waals surface area contributed by atoms with Crippen LogP contribution in [-0.4, -0.2) is 13.7 Å². The van der Waals surface area contributed by atoms with E-state index in [2.05, 4.69) is 0 Å². The molecule has 1 heterocycles. The maximum Gasteiger partial charge on any atom is 0.395 e. The van der Waals surface area contributed by atoms with E-state index in [1.54, 1.807) is 56.7 Å². The van der Waals surface area contributed by atoms with Gasteiger partial charge in [0, 0.05) is 13.5 Å². The number of rotatable bonds is 4. The molecule has 6 heteroatoms. The van der Waals surface area contributed by atoms with Crippen molar-refractivity contribution in [1.29, 1.82) is 0 Å². The molecule has 1 aromatic carbocycles. The van der Waals surface area contributed by atoms with E-state index in [9.17, 15) is 4.57 Å². The zero-order valence-electron chi connectivity index (χ0n) is 15.3. The van der Waals surface area contributed by atoms with E-state index in [0.29, 0.717) is 24.3 Å². The molecule has 1 aliphatic heterocycles. The molecule has 0 radical (unpaired) electrons. The normalized spacial score (nSPS) is 37.4. The highest BCUT2D eigenvalue weighted by Crippen LogP contribution is 2.53. The van der Waals surface area contributed by atoms with Gasteiger partial charge in [0.25, 0.3) is 0 Å². The highest BCUT2D eigenvalue weighted by molar-refractivity contribution is 7.17. The van der Waals surface area contributed by atoms with Gasteiger partial charge in [-0.2, -0.15) is 4.89 Å². The lowest BCUT2D eigenvalue weighted by Crippen LogP contribution is -2.38. The Balaban J connectivity index is 0.000000142. The van der Waals surface area contributed by atoms with Crippen molar-refractivity contribution in [2.24, 2.45) is 23.7 Å². The summed E-state index contributed by atoms with van der Waals surface area (Å²) in [7, 11) is 1.11. The van der Waals surface area contributed by atoms with Gasteiger partial charge in [-0.15, -0.1) is 0 Å². The third kappa shape index (κ3) is 3.68. The van der Waals surface area contributed by atoms with Gasteiger partial charge in [-0.05, 0) is 74.3 Å². The predicted octanol–water partition coefficient (Wildman–Crippen LogP) is 5.26. The maximum absolute atomic E-state index is 10.5. The minimum absolute atomic E-state index is 0.416. The Morgan fingerprint density at radius 3 is 2.04 bits per heavy atom. The van der Waals surface area contributed by atoms with E-state index in [1.807, 2.05) is 6.07 Å². The second-order valence-electron chi connectivity index (χ2n) is 8.15. The fourth-order valence-corrected chi connectivity index (χ4v) is 5.90. The molecule has 4 bridgehead atoms. The summed E-state index contributed by atoms with van der Waals surface area (Å²) in [5.41, 5.74) is 0.665. The third-order valence-corrected chi connectivity index (χ3v) is 6.74. The number of para-hydroxylation sites is 1. The van der Waals surface area contributed by atoms with Crippen LogP contribution in [0.1, 0.15) is 50.5 Å². The quantitative estimate of drug-likeness (QED) is 0.529. The summed E-state index contributed by atoms with van der Waals surface area (Å²) in [6.07, 6.45) is 10.2. The summed E-state index contributed by atoms with van der Waals surface area (Å²) in [4.78, 5) is 10.0. The summed E-state index contributed by atoms with van der Waals surface area (Å²) in [6, 6.07) is 7.09. The summed E-state index contributed by atoms with van der Waals surface area (Å²) >= 11 is 0. The molecule has 0 amide bonds. The van der Waals surface area contributed by atoms with Gasteiger partial charge in [0.1, 0.15) is 5.75 Å². The van der Waals surface area contributed by atoms with Crippen LogP contribution in [-0.2, 0) is 24.9 Å². The summed E-state index contributed by atoms with van der Waals surface area (Å²) in [5, 5.41) is 0. The molecule has 4 aliphatic carbocycles. The molecule has 1 aromatic rings. The minimum Gasteiger partial charge on any atom is -0.407 e. The lowest BCUT2D eigenvalue weighted by molar-refractivity contribution is -0.381. The zero-order chi connectivity index (χ0) is 18.0. The molecule has 1 atom stereocenters. The second kappa shape index (κ2) is 7.93. The van der Waals surface area contributed by atoms with E-state index in [1.165, 1.54) is 30.8 Å². The van der Waals surface area contributed by atoms with Crippen molar-refractivity contribution in [1.82, 2.24) is 0 Å². The topological polar surface area (TPSA) is 54.0 Å². The first-order valence-electron chi connectivity index (χ1n) is 9.67. The lowest BCUT2D eigenvalue weighted by Gasteiger charge is -2.49. The molecule has 4 saturated carbocycles. The number of hydrogen-bond donors (Lipinski definition) is 0. The molecule has 1 unspecified atom stereocenters. The second-order valence-corrected chi connectivity index (χ2v) is 8.48. The SMILES string of the molecule is C1C2CC3CC1CC(C2)C3.COC1(c2ccccc2OP=O)CCOO1.